The summed E-state index contributed by atoms with van der Waals surface area (Å²) >= 11 is 6.04. The Hall–Kier alpha value is -1.08. The van der Waals surface area contributed by atoms with Gasteiger partial charge in [0.15, 0.2) is 0 Å². The molecule has 0 unspecified atom stereocenters. The van der Waals surface area contributed by atoms with Gasteiger partial charge in [-0.05, 0) is 24.0 Å². The van der Waals surface area contributed by atoms with E-state index in [4.69, 9.17) is 11.6 Å². The maximum Gasteiger partial charge on any atom is 0.147 e. The van der Waals surface area contributed by atoms with E-state index in [-0.39, 0.29) is 0 Å². The van der Waals surface area contributed by atoms with E-state index < -0.39 is 0 Å². The van der Waals surface area contributed by atoms with Crippen LogP contribution in [-0.2, 0) is 4.79 Å². The molecular weight excluding hydrogens is 208 g/mol. The molecule has 0 N–H and O–H groups in total. The van der Waals surface area contributed by atoms with E-state index in [1.54, 1.807) is 6.92 Å². The Kier molecular flexibility index (Phi) is 4.10. The Balaban J connectivity index is 3.04. The molecule has 0 aliphatic rings. The van der Waals surface area contributed by atoms with E-state index in [0.717, 1.165) is 11.8 Å². The molecule has 0 heterocycles. The van der Waals surface area contributed by atoms with Crippen molar-refractivity contribution in [2.75, 3.05) is 0 Å². The Labute approximate surface area is 95.8 Å². The third-order valence-corrected chi connectivity index (χ3v) is 2.87. The van der Waals surface area contributed by atoms with Crippen LogP contribution in [0, 0.1) is 0 Å². The van der Waals surface area contributed by atoms with Crippen molar-refractivity contribution in [3.8, 4) is 0 Å². The Bertz CT molecular complexity index is 374. The summed E-state index contributed by atoms with van der Waals surface area (Å²) in [6.45, 7) is 6.00. The van der Waals surface area contributed by atoms with Crippen molar-refractivity contribution in [3.05, 3.63) is 41.0 Å². The predicted octanol–water partition coefficient (Wildman–Crippen LogP) is 3.98. The number of allylic oxidation sites excluding steroid dienone is 1. The summed E-state index contributed by atoms with van der Waals surface area (Å²) in [4.78, 5) is 10.6. The van der Waals surface area contributed by atoms with Crippen LogP contribution in [0.15, 0.2) is 29.8 Å². The molecule has 0 atom stereocenters. The second-order valence-corrected chi connectivity index (χ2v) is 4.27. The van der Waals surface area contributed by atoms with Crippen molar-refractivity contribution in [1.29, 1.82) is 0 Å². The molecule has 0 spiro atoms. The zero-order chi connectivity index (χ0) is 11.4. The van der Waals surface area contributed by atoms with Crippen LogP contribution < -0.4 is 0 Å². The largest absolute Gasteiger partial charge is 0.298 e. The molecule has 0 aliphatic heterocycles. The molecule has 0 fully saturated rings. The Morgan fingerprint density at radius 2 is 1.80 bits per heavy atom. The lowest BCUT2D eigenvalue weighted by Crippen LogP contribution is -1.88. The van der Waals surface area contributed by atoms with Crippen LogP contribution >= 0.6 is 11.6 Å². The fourth-order valence-electron chi connectivity index (χ4n) is 1.29. The fraction of sp³-hybridized carbons (Fsp3) is 0.308. The van der Waals surface area contributed by atoms with Crippen molar-refractivity contribution in [2.45, 2.75) is 26.7 Å². The topological polar surface area (TPSA) is 17.1 Å². The van der Waals surface area contributed by atoms with Crippen molar-refractivity contribution in [1.82, 2.24) is 0 Å². The molecular formula is C13H15ClO. The van der Waals surface area contributed by atoms with E-state index in [9.17, 15) is 4.79 Å². The van der Waals surface area contributed by atoms with Gasteiger partial charge in [0.2, 0.25) is 0 Å². The number of hydrogen-bond acceptors (Lipinski definition) is 1. The van der Waals surface area contributed by atoms with E-state index in [1.165, 1.54) is 5.56 Å². The highest BCUT2D eigenvalue weighted by Crippen LogP contribution is 2.24. The number of carbonyl (C=O) groups excluding carboxylic acids is 1. The first kappa shape index (κ1) is 12.0. The second-order valence-electron chi connectivity index (χ2n) is 3.89. The molecule has 0 saturated heterocycles. The molecule has 0 amide bonds. The van der Waals surface area contributed by atoms with Gasteiger partial charge in [0, 0.05) is 5.57 Å². The number of hydrogen-bond donors (Lipinski definition) is 0. The first-order chi connectivity index (χ1) is 7.06. The van der Waals surface area contributed by atoms with Crippen LogP contribution in [0.3, 0.4) is 0 Å². The van der Waals surface area contributed by atoms with Crippen LogP contribution in [0.2, 0.25) is 0 Å². The van der Waals surface area contributed by atoms with Crippen LogP contribution in [0.25, 0.3) is 5.03 Å². The normalized spacial score (nSPS) is 12.6. The van der Waals surface area contributed by atoms with Gasteiger partial charge in [-0.15, -0.1) is 0 Å². The summed E-state index contributed by atoms with van der Waals surface area (Å²) in [6, 6.07) is 7.98. The average Bonchev–Trinajstić information content (AvgIpc) is 2.27. The van der Waals surface area contributed by atoms with E-state index in [1.807, 2.05) is 24.3 Å². The lowest BCUT2D eigenvalue weighted by Gasteiger charge is -2.06. The van der Waals surface area contributed by atoms with Gasteiger partial charge in [-0.3, -0.25) is 4.79 Å². The molecule has 0 aromatic heterocycles. The SMILES string of the molecule is C/C(C=O)=C(/Cl)c1ccc(C(C)C)cc1. The third kappa shape index (κ3) is 2.93. The van der Waals surface area contributed by atoms with Crippen molar-refractivity contribution in [2.24, 2.45) is 0 Å². The first-order valence-electron chi connectivity index (χ1n) is 4.98. The summed E-state index contributed by atoms with van der Waals surface area (Å²) in [5.74, 6) is 0.508. The molecule has 1 nitrogen and oxygen atoms in total. The maximum atomic E-state index is 10.6. The summed E-state index contributed by atoms with van der Waals surface area (Å²) in [5.41, 5.74) is 2.73. The molecule has 0 aliphatic carbocycles. The smallest absolute Gasteiger partial charge is 0.147 e. The second kappa shape index (κ2) is 5.13. The Morgan fingerprint density at radius 1 is 1.27 bits per heavy atom. The van der Waals surface area contributed by atoms with Crippen molar-refractivity contribution >= 4 is 22.9 Å². The molecule has 2 heteroatoms. The van der Waals surface area contributed by atoms with E-state index in [0.29, 0.717) is 16.5 Å². The summed E-state index contributed by atoms with van der Waals surface area (Å²) < 4.78 is 0. The van der Waals surface area contributed by atoms with Gasteiger partial charge < -0.3 is 0 Å². The van der Waals surface area contributed by atoms with Gasteiger partial charge in [0.25, 0.3) is 0 Å². The number of benzene rings is 1. The molecule has 1 aromatic carbocycles. The number of aldehydes is 1. The minimum absolute atomic E-state index is 0.508. The lowest BCUT2D eigenvalue weighted by molar-refractivity contribution is -0.104. The first-order valence-corrected chi connectivity index (χ1v) is 5.36. The summed E-state index contributed by atoms with van der Waals surface area (Å²) in [5, 5.41) is 0.528. The van der Waals surface area contributed by atoms with Crippen LogP contribution in [-0.4, -0.2) is 6.29 Å². The molecule has 0 bridgehead atoms. The standard InChI is InChI=1S/C13H15ClO/c1-9(2)11-4-6-12(7-5-11)13(14)10(3)8-15/h4-9H,1-3H3/b13-10-. The fourth-order valence-corrected chi connectivity index (χ4v) is 1.46. The highest BCUT2D eigenvalue weighted by Gasteiger charge is 2.03. The molecule has 0 radical (unpaired) electrons. The minimum atomic E-state index is 0.508. The molecule has 15 heavy (non-hydrogen) atoms. The van der Waals surface area contributed by atoms with Gasteiger partial charge in [-0.2, -0.15) is 0 Å². The summed E-state index contributed by atoms with van der Waals surface area (Å²) in [6.07, 6.45) is 0.776. The van der Waals surface area contributed by atoms with E-state index >= 15 is 0 Å². The summed E-state index contributed by atoms with van der Waals surface area (Å²) in [7, 11) is 0. The lowest BCUT2D eigenvalue weighted by atomic mass is 10.0. The average molecular weight is 223 g/mol. The maximum absolute atomic E-state index is 10.6. The molecule has 1 rings (SSSR count). The minimum Gasteiger partial charge on any atom is -0.298 e. The predicted molar refractivity (Wildman–Crippen MR) is 65.0 cm³/mol. The number of rotatable bonds is 3. The highest BCUT2D eigenvalue weighted by molar-refractivity contribution is 6.50. The molecule has 1 aromatic rings. The Morgan fingerprint density at radius 3 is 2.20 bits per heavy atom. The van der Waals surface area contributed by atoms with Crippen LogP contribution in [0.4, 0.5) is 0 Å². The molecule has 0 saturated carbocycles. The number of halogens is 1. The van der Waals surface area contributed by atoms with Crippen molar-refractivity contribution < 1.29 is 4.79 Å². The van der Waals surface area contributed by atoms with Crippen molar-refractivity contribution in [3.63, 3.8) is 0 Å². The zero-order valence-electron chi connectivity index (χ0n) is 9.25. The highest BCUT2D eigenvalue weighted by atomic mass is 35.5. The quantitative estimate of drug-likeness (QED) is 0.559. The van der Waals surface area contributed by atoms with E-state index in [2.05, 4.69) is 13.8 Å². The van der Waals surface area contributed by atoms with Gasteiger partial charge >= 0.3 is 0 Å². The van der Waals surface area contributed by atoms with Crippen LogP contribution in [0.1, 0.15) is 37.8 Å². The monoisotopic (exact) mass is 222 g/mol. The van der Waals surface area contributed by atoms with Gasteiger partial charge in [-0.1, -0.05) is 49.7 Å². The third-order valence-electron chi connectivity index (χ3n) is 2.35. The van der Waals surface area contributed by atoms with Crippen LogP contribution in [0.5, 0.6) is 0 Å². The van der Waals surface area contributed by atoms with Gasteiger partial charge in [-0.25, -0.2) is 0 Å². The van der Waals surface area contributed by atoms with Gasteiger partial charge in [0.1, 0.15) is 6.29 Å². The molecule has 80 valence electrons. The number of carbonyl (C=O) groups is 1. The zero-order valence-corrected chi connectivity index (χ0v) is 10.0. The van der Waals surface area contributed by atoms with Gasteiger partial charge in [0.05, 0.1) is 5.03 Å².